The Kier molecular flexibility index (Phi) is 9.80. The minimum atomic E-state index is -3.98. The van der Waals surface area contributed by atoms with Crippen LogP contribution in [0.3, 0.4) is 0 Å². The summed E-state index contributed by atoms with van der Waals surface area (Å²) in [5.74, 6) is -0.632. The van der Waals surface area contributed by atoms with Crippen molar-refractivity contribution in [1.29, 1.82) is 0 Å². The molecule has 0 radical (unpaired) electrons. The topological polar surface area (TPSA) is 91.1 Å². The van der Waals surface area contributed by atoms with Crippen molar-refractivity contribution in [2.75, 3.05) is 49.3 Å². The number of furan rings is 1. The molecule has 1 amide bonds. The van der Waals surface area contributed by atoms with Crippen LogP contribution in [0.5, 0.6) is 0 Å². The number of carbonyl (C=O) groups is 2. The summed E-state index contributed by atoms with van der Waals surface area (Å²) in [5, 5.41) is 0.418. The largest absolute Gasteiger partial charge is 0.455 e. The quantitative estimate of drug-likeness (QED) is 0.129. The lowest BCUT2D eigenvalue weighted by atomic mass is 9.95. The van der Waals surface area contributed by atoms with E-state index in [1.807, 2.05) is 36.0 Å². The van der Waals surface area contributed by atoms with E-state index in [9.17, 15) is 26.8 Å². The molecule has 1 saturated heterocycles. The van der Waals surface area contributed by atoms with Gasteiger partial charge in [-0.15, -0.1) is 0 Å². The molecule has 4 aromatic carbocycles. The van der Waals surface area contributed by atoms with Crippen molar-refractivity contribution in [3.63, 3.8) is 0 Å². The molecule has 0 bridgehead atoms. The Morgan fingerprint density at radius 3 is 2.32 bits per heavy atom. The molecule has 1 unspecified atom stereocenters. The van der Waals surface area contributed by atoms with Crippen LogP contribution in [-0.2, 0) is 10.0 Å². The summed E-state index contributed by atoms with van der Waals surface area (Å²) >= 11 is 0. The van der Waals surface area contributed by atoms with Gasteiger partial charge in [-0.3, -0.25) is 13.9 Å². The summed E-state index contributed by atoms with van der Waals surface area (Å²) in [7, 11) is -0.0317. The van der Waals surface area contributed by atoms with E-state index in [2.05, 4.69) is 12.1 Å². The van der Waals surface area contributed by atoms with Gasteiger partial charge in [0.1, 0.15) is 23.8 Å². The third kappa shape index (κ3) is 6.74. The highest BCUT2D eigenvalue weighted by molar-refractivity contribution is 7.92. The predicted octanol–water partition coefficient (Wildman–Crippen LogP) is 8.28. The van der Waals surface area contributed by atoms with Gasteiger partial charge in [0.2, 0.25) is 10.0 Å². The molecule has 1 aliphatic rings. The lowest BCUT2D eigenvalue weighted by Crippen LogP contribution is -2.32. The highest BCUT2D eigenvalue weighted by Crippen LogP contribution is 2.43. The van der Waals surface area contributed by atoms with Gasteiger partial charge in [-0.25, -0.2) is 17.2 Å². The van der Waals surface area contributed by atoms with E-state index in [1.54, 1.807) is 37.3 Å². The minimum Gasteiger partial charge on any atom is -0.455 e. The van der Waals surface area contributed by atoms with E-state index in [4.69, 9.17) is 4.42 Å². The van der Waals surface area contributed by atoms with Crippen LogP contribution in [0.1, 0.15) is 58.5 Å². The van der Waals surface area contributed by atoms with Crippen molar-refractivity contribution in [1.82, 2.24) is 4.90 Å². The Morgan fingerprint density at radius 1 is 0.960 bits per heavy atom. The number of halogens is 2. The van der Waals surface area contributed by atoms with E-state index in [0.717, 1.165) is 34.7 Å². The number of ketones is 1. The molecule has 0 saturated carbocycles. The molecule has 8 nitrogen and oxygen atoms in total. The predicted molar refractivity (Wildman–Crippen MR) is 194 cm³/mol. The number of anilines is 2. The third-order valence-electron chi connectivity index (χ3n) is 9.20. The maximum absolute atomic E-state index is 14.1. The van der Waals surface area contributed by atoms with Crippen LogP contribution in [0.25, 0.3) is 33.4 Å². The van der Waals surface area contributed by atoms with E-state index < -0.39 is 29.1 Å². The van der Waals surface area contributed by atoms with Gasteiger partial charge in [0.15, 0.2) is 5.78 Å². The van der Waals surface area contributed by atoms with E-state index in [1.165, 1.54) is 30.3 Å². The van der Waals surface area contributed by atoms with Gasteiger partial charge in [-0.1, -0.05) is 31.2 Å². The summed E-state index contributed by atoms with van der Waals surface area (Å²) in [4.78, 5) is 31.4. The van der Waals surface area contributed by atoms with Gasteiger partial charge in [-0.05, 0) is 78.6 Å². The lowest BCUT2D eigenvalue weighted by molar-refractivity contribution is 0.0735. The first-order valence-electron chi connectivity index (χ1n) is 16.5. The molecule has 6 rings (SSSR count). The number of benzene rings is 4. The maximum atomic E-state index is 14.1. The van der Waals surface area contributed by atoms with Gasteiger partial charge in [0.25, 0.3) is 5.91 Å². The van der Waals surface area contributed by atoms with Crippen LogP contribution >= 0.6 is 0 Å². The molecule has 1 aromatic heterocycles. The summed E-state index contributed by atoms with van der Waals surface area (Å²) in [6, 6.07) is 23.7. The first kappa shape index (κ1) is 34.8. The van der Waals surface area contributed by atoms with Crippen molar-refractivity contribution >= 4 is 44.1 Å². The first-order valence-corrected chi connectivity index (χ1v) is 18.4. The number of carbonyl (C=O) groups excluding carboxylic acids is 2. The lowest BCUT2D eigenvalue weighted by Gasteiger charge is -2.26. The average Bonchev–Trinajstić information content (AvgIpc) is 3.75. The van der Waals surface area contributed by atoms with Crippen LogP contribution in [0.4, 0.5) is 20.2 Å². The first-order chi connectivity index (χ1) is 23.9. The fourth-order valence-electron chi connectivity index (χ4n) is 6.71. The van der Waals surface area contributed by atoms with E-state index in [0.29, 0.717) is 34.2 Å². The number of Topliss-reactive ketones (excluding diaryl/α,β-unsaturated/α-hetero) is 1. The summed E-state index contributed by atoms with van der Waals surface area (Å²) in [6.07, 6.45) is 2.82. The van der Waals surface area contributed by atoms with Gasteiger partial charge in [-0.2, -0.15) is 0 Å². The molecule has 5 aromatic rings. The monoisotopic (exact) mass is 699 g/mol. The number of amides is 1. The Morgan fingerprint density at radius 2 is 1.68 bits per heavy atom. The van der Waals surface area contributed by atoms with Crippen molar-refractivity contribution in [3.05, 3.63) is 107 Å². The van der Waals surface area contributed by atoms with Crippen molar-refractivity contribution < 1.29 is 31.2 Å². The van der Waals surface area contributed by atoms with Crippen LogP contribution in [-0.4, -0.2) is 65.1 Å². The molecule has 0 aliphatic carbocycles. The molecular weight excluding hydrogens is 661 g/mol. The smallest absolute Gasteiger partial charge is 0.254 e. The minimum absolute atomic E-state index is 0.0991. The molecule has 2 heterocycles. The molecule has 0 spiro atoms. The second-order valence-electron chi connectivity index (χ2n) is 12.7. The Hall–Kier alpha value is -5.03. The van der Waals surface area contributed by atoms with Crippen LogP contribution < -0.4 is 9.21 Å². The third-order valence-corrected chi connectivity index (χ3v) is 10.4. The molecule has 11 heteroatoms. The van der Waals surface area contributed by atoms with E-state index >= 15 is 0 Å². The normalized spacial score (nSPS) is 14.7. The van der Waals surface area contributed by atoms with Crippen molar-refractivity contribution in [3.8, 4) is 22.5 Å². The zero-order valence-electron chi connectivity index (χ0n) is 28.4. The number of likely N-dealkylation sites (tertiary alicyclic amines) is 1. The molecule has 260 valence electrons. The second-order valence-corrected chi connectivity index (χ2v) is 14.6. The van der Waals surface area contributed by atoms with Crippen LogP contribution in [0.2, 0.25) is 0 Å². The fourth-order valence-corrected chi connectivity index (χ4v) is 7.62. The molecular formula is C39H39F2N3O5S. The SMILES string of the molecule is CCC(=O)c1c(-c2ccc(F)cc2)oc2cc(N(CCF)S(C)(=O)=O)c(-c3cccc(C(=O)N4CCCC4c4ccc(N(C)C)cc4)c3)cc12. The Balaban J connectivity index is 1.49. The number of sulfonamides is 1. The molecule has 50 heavy (non-hydrogen) atoms. The Labute approximate surface area is 291 Å². The number of hydrogen-bond acceptors (Lipinski definition) is 6. The zero-order valence-corrected chi connectivity index (χ0v) is 29.3. The number of hydrogen-bond donors (Lipinski definition) is 0. The molecule has 0 N–H and O–H groups in total. The number of alkyl halides is 1. The van der Waals surface area contributed by atoms with Crippen LogP contribution in [0.15, 0.2) is 89.3 Å². The van der Waals surface area contributed by atoms with Crippen molar-refractivity contribution in [2.45, 2.75) is 32.2 Å². The summed E-state index contributed by atoms with van der Waals surface area (Å²) in [5.41, 5.74) is 4.48. The van der Waals surface area contributed by atoms with Gasteiger partial charge < -0.3 is 14.2 Å². The van der Waals surface area contributed by atoms with E-state index in [-0.39, 0.29) is 46.7 Å². The molecule has 1 atom stereocenters. The van der Waals surface area contributed by atoms with Gasteiger partial charge >= 0.3 is 0 Å². The Bertz CT molecular complexity index is 2160. The molecule has 1 fully saturated rings. The fraction of sp³-hybridized carbons (Fsp3) is 0.282. The summed E-state index contributed by atoms with van der Waals surface area (Å²) in [6.45, 7) is 0.898. The zero-order chi connectivity index (χ0) is 35.7. The van der Waals surface area contributed by atoms with Gasteiger partial charge in [0, 0.05) is 60.9 Å². The van der Waals surface area contributed by atoms with Gasteiger partial charge in [0.05, 0.1) is 30.1 Å². The van der Waals surface area contributed by atoms with Crippen molar-refractivity contribution in [2.24, 2.45) is 0 Å². The standard InChI is InChI=1S/C39H39F2N3O5S/c1-5-35(45)37-32-23-31(34(44(21-19-40)50(4,47)48)24-36(32)49-38(37)26-11-15-29(41)16-12-26)27-8-6-9-28(22-27)39(46)43-20-7-10-33(43)25-13-17-30(18-14-25)42(2)3/h6,8-9,11-18,22-24,33H,5,7,10,19-21H2,1-4H3. The maximum Gasteiger partial charge on any atom is 0.254 e. The molecule has 1 aliphatic heterocycles. The highest BCUT2D eigenvalue weighted by atomic mass is 32.2. The highest BCUT2D eigenvalue weighted by Gasteiger charge is 2.32. The summed E-state index contributed by atoms with van der Waals surface area (Å²) < 4.78 is 61.0. The number of rotatable bonds is 11. The number of nitrogens with zero attached hydrogens (tertiary/aromatic N) is 3. The number of fused-ring (bicyclic) bond motifs is 1. The second kappa shape index (κ2) is 14.1. The van der Waals surface area contributed by atoms with Crippen LogP contribution in [0, 0.1) is 5.82 Å². The average molecular weight is 700 g/mol.